The minimum absolute atomic E-state index is 0.00940. The maximum atomic E-state index is 12.9. The fraction of sp³-hybridized carbons (Fsp3) is 0.900. The van der Waals surface area contributed by atoms with E-state index in [0.29, 0.717) is 19.6 Å². The van der Waals surface area contributed by atoms with Gasteiger partial charge in [0.25, 0.3) is 5.91 Å². The van der Waals surface area contributed by atoms with Crippen LogP contribution in [-0.4, -0.2) is 42.8 Å². The van der Waals surface area contributed by atoms with Gasteiger partial charge in [-0.3, -0.25) is 4.79 Å². The average Bonchev–Trinajstić information content (AvgIpc) is 2.65. The summed E-state index contributed by atoms with van der Waals surface area (Å²) >= 11 is 0. The van der Waals surface area contributed by atoms with Crippen LogP contribution in [-0.2, 0) is 9.53 Å². The highest BCUT2D eigenvalue weighted by atomic mass is 19.1. The Bertz CT molecular complexity index is 209. The number of ether oxygens (including phenoxy) is 1. The molecule has 0 spiro atoms. The van der Waals surface area contributed by atoms with Crippen LogP contribution < -0.4 is 0 Å². The molecule has 0 bridgehead atoms. The molecule has 2 rings (SSSR count). The number of carbonyl (C=O) groups excluding carboxylic acids is 1. The fourth-order valence-electron chi connectivity index (χ4n) is 2.06. The third-order valence-corrected chi connectivity index (χ3v) is 2.90. The molecule has 0 N–H and O–H groups in total. The minimum Gasteiger partial charge on any atom is -0.368 e. The molecule has 2 unspecified atom stereocenters. The number of carbonyl (C=O) groups is 1. The van der Waals surface area contributed by atoms with Crippen LogP contribution in [0, 0.1) is 0 Å². The summed E-state index contributed by atoms with van der Waals surface area (Å²) in [5.41, 5.74) is 0. The van der Waals surface area contributed by atoms with Crippen molar-refractivity contribution in [3.63, 3.8) is 0 Å². The molecule has 3 nitrogen and oxygen atoms in total. The van der Waals surface area contributed by atoms with Gasteiger partial charge in [-0.2, -0.15) is 0 Å². The van der Waals surface area contributed by atoms with Crippen LogP contribution in [0.4, 0.5) is 4.39 Å². The molecule has 0 saturated carbocycles. The van der Waals surface area contributed by atoms with Crippen LogP contribution in [0.15, 0.2) is 0 Å². The molecule has 2 aliphatic heterocycles. The molecule has 0 aromatic carbocycles. The molecule has 0 aromatic heterocycles. The number of hydrogen-bond acceptors (Lipinski definition) is 2. The number of rotatable bonds is 1. The summed E-state index contributed by atoms with van der Waals surface area (Å²) in [7, 11) is 0. The summed E-state index contributed by atoms with van der Waals surface area (Å²) in [6.45, 7) is 1.49. The summed E-state index contributed by atoms with van der Waals surface area (Å²) in [5.74, 6) is -0.00940. The highest BCUT2D eigenvalue weighted by molar-refractivity contribution is 5.81. The SMILES string of the molecule is O=C(C1CCCCO1)N1CCC(F)C1. The molecule has 4 heteroatoms. The molecule has 2 heterocycles. The van der Waals surface area contributed by atoms with Crippen LogP contribution in [0.5, 0.6) is 0 Å². The van der Waals surface area contributed by atoms with E-state index in [4.69, 9.17) is 4.74 Å². The van der Waals surface area contributed by atoms with Gasteiger partial charge in [0.1, 0.15) is 12.3 Å². The van der Waals surface area contributed by atoms with Gasteiger partial charge in [0.05, 0.1) is 6.54 Å². The average molecular weight is 201 g/mol. The topological polar surface area (TPSA) is 29.5 Å². The zero-order valence-electron chi connectivity index (χ0n) is 8.25. The van der Waals surface area contributed by atoms with Crippen molar-refractivity contribution in [3.05, 3.63) is 0 Å². The number of hydrogen-bond donors (Lipinski definition) is 0. The van der Waals surface area contributed by atoms with Crippen LogP contribution in [0.1, 0.15) is 25.7 Å². The van der Waals surface area contributed by atoms with E-state index in [1.807, 2.05) is 0 Å². The molecule has 80 valence electrons. The molecular weight excluding hydrogens is 185 g/mol. The maximum Gasteiger partial charge on any atom is 0.251 e. The Labute approximate surface area is 83.2 Å². The largest absolute Gasteiger partial charge is 0.368 e. The Morgan fingerprint density at radius 2 is 2.21 bits per heavy atom. The smallest absolute Gasteiger partial charge is 0.251 e. The van der Waals surface area contributed by atoms with Crippen molar-refractivity contribution < 1.29 is 13.9 Å². The Hall–Kier alpha value is -0.640. The lowest BCUT2D eigenvalue weighted by Gasteiger charge is -2.26. The van der Waals surface area contributed by atoms with E-state index in [0.717, 1.165) is 19.3 Å². The maximum absolute atomic E-state index is 12.9. The Kier molecular flexibility index (Phi) is 3.01. The van der Waals surface area contributed by atoms with Gasteiger partial charge in [0, 0.05) is 13.2 Å². The molecule has 2 saturated heterocycles. The van der Waals surface area contributed by atoms with Crippen molar-refractivity contribution in [2.75, 3.05) is 19.7 Å². The Morgan fingerprint density at radius 1 is 1.36 bits per heavy atom. The first kappa shape index (κ1) is 9.90. The monoisotopic (exact) mass is 201 g/mol. The van der Waals surface area contributed by atoms with E-state index in [9.17, 15) is 9.18 Å². The summed E-state index contributed by atoms with van der Waals surface area (Å²) < 4.78 is 18.2. The molecule has 0 aromatic rings. The van der Waals surface area contributed by atoms with Crippen molar-refractivity contribution >= 4 is 5.91 Å². The van der Waals surface area contributed by atoms with E-state index in [1.54, 1.807) is 4.90 Å². The van der Waals surface area contributed by atoms with Crippen LogP contribution in [0.25, 0.3) is 0 Å². The van der Waals surface area contributed by atoms with Crippen LogP contribution >= 0.6 is 0 Å². The van der Waals surface area contributed by atoms with Crippen LogP contribution in [0.2, 0.25) is 0 Å². The summed E-state index contributed by atoms with van der Waals surface area (Å²) in [6.07, 6.45) is 2.24. The number of halogens is 1. The number of alkyl halides is 1. The van der Waals surface area contributed by atoms with Crippen molar-refractivity contribution in [1.29, 1.82) is 0 Å². The van der Waals surface area contributed by atoms with Gasteiger partial charge in [0.2, 0.25) is 0 Å². The van der Waals surface area contributed by atoms with Crippen LogP contribution in [0.3, 0.4) is 0 Å². The quantitative estimate of drug-likeness (QED) is 0.636. The third-order valence-electron chi connectivity index (χ3n) is 2.90. The number of amides is 1. The van der Waals surface area contributed by atoms with Crippen molar-refractivity contribution in [1.82, 2.24) is 4.90 Å². The molecule has 14 heavy (non-hydrogen) atoms. The van der Waals surface area contributed by atoms with E-state index in [2.05, 4.69) is 0 Å². The highest BCUT2D eigenvalue weighted by Gasteiger charge is 2.31. The number of nitrogens with zero attached hydrogens (tertiary/aromatic N) is 1. The summed E-state index contributed by atoms with van der Waals surface area (Å²) in [5, 5.41) is 0. The zero-order valence-corrected chi connectivity index (χ0v) is 8.25. The minimum atomic E-state index is -0.831. The first-order valence-electron chi connectivity index (χ1n) is 5.32. The van der Waals surface area contributed by atoms with Crippen molar-refractivity contribution in [3.8, 4) is 0 Å². The fourth-order valence-corrected chi connectivity index (χ4v) is 2.06. The number of likely N-dealkylation sites (tertiary alicyclic amines) is 1. The van der Waals surface area contributed by atoms with Crippen molar-refractivity contribution in [2.45, 2.75) is 38.0 Å². The lowest BCUT2D eigenvalue weighted by atomic mass is 10.1. The Balaban J connectivity index is 1.87. The predicted molar refractivity (Wildman–Crippen MR) is 49.7 cm³/mol. The standard InChI is InChI=1S/C10H16FNO2/c11-8-4-5-12(7-8)10(13)9-3-1-2-6-14-9/h8-9H,1-7H2. The second-order valence-corrected chi connectivity index (χ2v) is 4.03. The van der Waals surface area contributed by atoms with Gasteiger partial charge >= 0.3 is 0 Å². The lowest BCUT2D eigenvalue weighted by Crippen LogP contribution is -2.40. The van der Waals surface area contributed by atoms with Gasteiger partial charge in [0.15, 0.2) is 0 Å². The van der Waals surface area contributed by atoms with Gasteiger partial charge in [-0.1, -0.05) is 0 Å². The first-order chi connectivity index (χ1) is 6.77. The normalized spacial score (nSPS) is 33.4. The molecule has 2 atom stereocenters. The molecule has 2 aliphatic rings. The third kappa shape index (κ3) is 2.05. The predicted octanol–water partition coefficient (Wildman–Crippen LogP) is 1.13. The zero-order chi connectivity index (χ0) is 9.97. The van der Waals surface area contributed by atoms with E-state index in [1.165, 1.54) is 0 Å². The molecule has 1 amide bonds. The lowest BCUT2D eigenvalue weighted by molar-refractivity contribution is -0.145. The molecule has 2 fully saturated rings. The first-order valence-corrected chi connectivity index (χ1v) is 5.32. The molecular formula is C10H16FNO2. The highest BCUT2D eigenvalue weighted by Crippen LogP contribution is 2.19. The van der Waals surface area contributed by atoms with E-state index >= 15 is 0 Å². The van der Waals surface area contributed by atoms with Gasteiger partial charge in [-0.05, 0) is 25.7 Å². The van der Waals surface area contributed by atoms with Gasteiger partial charge in [-0.15, -0.1) is 0 Å². The van der Waals surface area contributed by atoms with E-state index in [-0.39, 0.29) is 18.6 Å². The molecule has 0 radical (unpaired) electrons. The van der Waals surface area contributed by atoms with Gasteiger partial charge in [-0.25, -0.2) is 4.39 Å². The van der Waals surface area contributed by atoms with E-state index < -0.39 is 6.17 Å². The second kappa shape index (κ2) is 4.26. The Morgan fingerprint density at radius 3 is 2.79 bits per heavy atom. The molecule has 0 aliphatic carbocycles. The summed E-state index contributed by atoms with van der Waals surface area (Å²) in [6, 6.07) is 0. The van der Waals surface area contributed by atoms with Crippen molar-refractivity contribution in [2.24, 2.45) is 0 Å². The second-order valence-electron chi connectivity index (χ2n) is 4.03. The summed E-state index contributed by atoms with van der Waals surface area (Å²) in [4.78, 5) is 13.4. The van der Waals surface area contributed by atoms with Gasteiger partial charge < -0.3 is 9.64 Å².